The molecule has 4 nitrogen and oxygen atoms in total. The molecule has 0 fully saturated rings. The normalized spacial score (nSPS) is 11.1. The van der Waals surface area contributed by atoms with Crippen LogP contribution < -0.4 is 15.8 Å². The fourth-order valence-corrected chi connectivity index (χ4v) is 1.05. The number of carbonyl (C=O) groups is 1. The van der Waals surface area contributed by atoms with E-state index in [-0.39, 0.29) is 18.8 Å². The van der Waals surface area contributed by atoms with E-state index in [2.05, 4.69) is 10.1 Å². The molecule has 0 bridgehead atoms. The third-order valence-corrected chi connectivity index (χ3v) is 1.79. The summed E-state index contributed by atoms with van der Waals surface area (Å²) in [6.45, 7) is 0.412. The predicted molar refractivity (Wildman–Crippen MR) is 54.5 cm³/mol. The summed E-state index contributed by atoms with van der Waals surface area (Å²) in [5.74, 6) is -0.172. The van der Waals surface area contributed by atoms with E-state index in [9.17, 15) is 18.0 Å². The van der Waals surface area contributed by atoms with Crippen LogP contribution in [0.5, 0.6) is 5.75 Å². The molecule has 0 aromatic heterocycles. The number of amides is 1. The van der Waals surface area contributed by atoms with Crippen molar-refractivity contribution in [2.75, 3.05) is 13.1 Å². The molecule has 1 rings (SSSR count). The van der Waals surface area contributed by atoms with Crippen molar-refractivity contribution in [1.29, 1.82) is 0 Å². The van der Waals surface area contributed by atoms with Gasteiger partial charge in [0.1, 0.15) is 5.75 Å². The minimum atomic E-state index is -4.47. The first kappa shape index (κ1) is 13.3. The second-order valence-electron chi connectivity index (χ2n) is 3.13. The fourth-order valence-electron chi connectivity index (χ4n) is 1.05. The lowest BCUT2D eigenvalue weighted by Crippen LogP contribution is -2.31. The summed E-state index contributed by atoms with van der Waals surface area (Å²) in [6.07, 6.45) is -5.30. The highest BCUT2D eigenvalue weighted by Crippen LogP contribution is 2.31. The van der Waals surface area contributed by atoms with Crippen molar-refractivity contribution in [2.24, 2.45) is 5.73 Å². The molecular weight excluding hydrogens is 237 g/mol. The van der Waals surface area contributed by atoms with Crippen LogP contribution in [0.2, 0.25) is 0 Å². The van der Waals surface area contributed by atoms with Gasteiger partial charge in [-0.25, -0.2) is 4.79 Å². The number of benzene rings is 1. The zero-order chi connectivity index (χ0) is 12.9. The average Bonchev–Trinajstić information content (AvgIpc) is 2.25. The largest absolute Gasteiger partial charge is 0.416 e. The standard InChI is InChI=1S/C10H11F3N2O2/c11-10(12,13)7-2-1-3-8(6-7)17-9(16)15-5-4-14/h1-3,6H,4-5,14H2,(H,15,16). The molecule has 0 unspecified atom stereocenters. The average molecular weight is 248 g/mol. The maximum atomic E-state index is 12.3. The van der Waals surface area contributed by atoms with E-state index in [1.807, 2.05) is 0 Å². The van der Waals surface area contributed by atoms with Gasteiger partial charge in [-0.15, -0.1) is 0 Å². The smallest absolute Gasteiger partial charge is 0.410 e. The molecule has 0 aliphatic heterocycles. The number of nitrogens with two attached hydrogens (primary N) is 1. The SMILES string of the molecule is NCCNC(=O)Oc1cccc(C(F)(F)F)c1. The highest BCUT2D eigenvalue weighted by Gasteiger charge is 2.30. The van der Waals surface area contributed by atoms with Crippen molar-refractivity contribution in [2.45, 2.75) is 6.18 Å². The van der Waals surface area contributed by atoms with Crippen LogP contribution in [0, 0.1) is 0 Å². The van der Waals surface area contributed by atoms with Gasteiger partial charge >= 0.3 is 12.3 Å². The molecule has 1 aromatic carbocycles. The number of hydrogen-bond acceptors (Lipinski definition) is 3. The Morgan fingerprint density at radius 1 is 1.41 bits per heavy atom. The van der Waals surface area contributed by atoms with Gasteiger partial charge in [-0.2, -0.15) is 13.2 Å². The summed E-state index contributed by atoms with van der Waals surface area (Å²) < 4.78 is 41.7. The molecule has 17 heavy (non-hydrogen) atoms. The maximum absolute atomic E-state index is 12.3. The first-order valence-corrected chi connectivity index (χ1v) is 4.76. The van der Waals surface area contributed by atoms with Gasteiger partial charge in [0.25, 0.3) is 0 Å². The van der Waals surface area contributed by atoms with Crippen LogP contribution in [0.25, 0.3) is 0 Å². The highest BCUT2D eigenvalue weighted by molar-refractivity contribution is 5.70. The van der Waals surface area contributed by atoms with E-state index in [1.54, 1.807) is 0 Å². The number of carbonyl (C=O) groups excluding carboxylic acids is 1. The van der Waals surface area contributed by atoms with Crippen molar-refractivity contribution in [3.8, 4) is 5.75 Å². The van der Waals surface area contributed by atoms with Gasteiger partial charge in [-0.1, -0.05) is 6.07 Å². The number of rotatable bonds is 3. The van der Waals surface area contributed by atoms with Crippen LogP contribution in [0.15, 0.2) is 24.3 Å². The second kappa shape index (κ2) is 5.53. The Labute approximate surface area is 95.6 Å². The molecule has 3 N–H and O–H groups in total. The quantitative estimate of drug-likeness (QED) is 0.856. The van der Waals surface area contributed by atoms with Gasteiger partial charge in [0.2, 0.25) is 0 Å². The van der Waals surface area contributed by atoms with E-state index in [0.717, 1.165) is 18.2 Å². The van der Waals surface area contributed by atoms with Crippen molar-refractivity contribution in [3.63, 3.8) is 0 Å². The molecule has 1 aromatic rings. The molecule has 0 aliphatic rings. The van der Waals surface area contributed by atoms with Gasteiger partial charge in [0.05, 0.1) is 5.56 Å². The van der Waals surface area contributed by atoms with Crippen molar-refractivity contribution >= 4 is 6.09 Å². The molecule has 0 saturated heterocycles. The molecule has 0 atom stereocenters. The summed E-state index contributed by atoms with van der Waals surface area (Å²) in [5.41, 5.74) is 4.26. The van der Waals surface area contributed by atoms with E-state index in [0.29, 0.717) is 0 Å². The lowest BCUT2D eigenvalue weighted by molar-refractivity contribution is -0.137. The molecule has 0 radical (unpaired) electrons. The summed E-state index contributed by atoms with van der Waals surface area (Å²) in [7, 11) is 0. The van der Waals surface area contributed by atoms with Gasteiger partial charge in [-0.05, 0) is 18.2 Å². The summed E-state index contributed by atoms with van der Waals surface area (Å²) >= 11 is 0. The molecule has 7 heteroatoms. The Morgan fingerprint density at radius 3 is 2.71 bits per heavy atom. The first-order valence-electron chi connectivity index (χ1n) is 4.76. The minimum Gasteiger partial charge on any atom is -0.410 e. The van der Waals surface area contributed by atoms with Crippen LogP contribution in [0.3, 0.4) is 0 Å². The molecule has 0 saturated carbocycles. The zero-order valence-corrected chi connectivity index (χ0v) is 8.75. The van der Waals surface area contributed by atoms with Crippen LogP contribution in [0.4, 0.5) is 18.0 Å². The van der Waals surface area contributed by atoms with Crippen molar-refractivity contribution < 1.29 is 22.7 Å². The lowest BCUT2D eigenvalue weighted by atomic mass is 10.2. The Balaban J connectivity index is 2.69. The summed E-state index contributed by atoms with van der Waals surface area (Å²) in [5, 5.41) is 2.27. The van der Waals surface area contributed by atoms with Crippen LogP contribution in [-0.4, -0.2) is 19.2 Å². The monoisotopic (exact) mass is 248 g/mol. The number of halogens is 3. The number of hydrogen-bond donors (Lipinski definition) is 2. The molecule has 1 amide bonds. The summed E-state index contributed by atoms with van der Waals surface area (Å²) in [4.78, 5) is 11.1. The zero-order valence-electron chi connectivity index (χ0n) is 8.75. The Kier molecular flexibility index (Phi) is 4.33. The first-order chi connectivity index (χ1) is 7.93. The van der Waals surface area contributed by atoms with E-state index < -0.39 is 17.8 Å². The van der Waals surface area contributed by atoms with Crippen molar-refractivity contribution in [1.82, 2.24) is 5.32 Å². The van der Waals surface area contributed by atoms with Crippen LogP contribution >= 0.6 is 0 Å². The van der Waals surface area contributed by atoms with Gasteiger partial charge in [-0.3, -0.25) is 0 Å². The van der Waals surface area contributed by atoms with Gasteiger partial charge in [0, 0.05) is 13.1 Å². The number of nitrogens with one attached hydrogen (secondary N) is 1. The minimum absolute atomic E-state index is 0.172. The lowest BCUT2D eigenvalue weighted by Gasteiger charge is -2.09. The number of alkyl halides is 3. The van der Waals surface area contributed by atoms with Crippen LogP contribution in [0.1, 0.15) is 5.56 Å². The Morgan fingerprint density at radius 2 is 2.12 bits per heavy atom. The molecular formula is C10H11F3N2O2. The molecule has 0 aliphatic carbocycles. The third kappa shape index (κ3) is 4.31. The number of ether oxygens (including phenoxy) is 1. The van der Waals surface area contributed by atoms with E-state index in [4.69, 9.17) is 5.73 Å². The van der Waals surface area contributed by atoms with E-state index >= 15 is 0 Å². The Bertz CT molecular complexity index is 393. The third-order valence-electron chi connectivity index (χ3n) is 1.79. The second-order valence-corrected chi connectivity index (χ2v) is 3.13. The molecule has 0 spiro atoms. The predicted octanol–water partition coefficient (Wildman–Crippen LogP) is 1.75. The molecule has 0 heterocycles. The van der Waals surface area contributed by atoms with Crippen molar-refractivity contribution in [3.05, 3.63) is 29.8 Å². The van der Waals surface area contributed by atoms with Gasteiger partial charge < -0.3 is 15.8 Å². The van der Waals surface area contributed by atoms with E-state index in [1.165, 1.54) is 6.07 Å². The fraction of sp³-hybridized carbons (Fsp3) is 0.300. The van der Waals surface area contributed by atoms with Gasteiger partial charge in [0.15, 0.2) is 0 Å². The highest BCUT2D eigenvalue weighted by atomic mass is 19.4. The topological polar surface area (TPSA) is 64.3 Å². The Hall–Kier alpha value is -1.76. The molecule has 94 valence electrons. The summed E-state index contributed by atoms with van der Waals surface area (Å²) in [6, 6.07) is 4.07. The maximum Gasteiger partial charge on any atom is 0.416 e. The van der Waals surface area contributed by atoms with Crippen LogP contribution in [-0.2, 0) is 6.18 Å².